The fourth-order valence-electron chi connectivity index (χ4n) is 9.57. The zero-order valence-corrected chi connectivity index (χ0v) is 46.9. The normalized spacial score (nSPS) is 12.0. The molecule has 0 heterocycles. The summed E-state index contributed by atoms with van der Waals surface area (Å²) >= 11 is 0. The van der Waals surface area contributed by atoms with Crippen molar-refractivity contribution >= 4 is 17.9 Å². The number of hydrogen-bond acceptors (Lipinski definition) is 6. The zero-order chi connectivity index (χ0) is 50.0. The Balaban J connectivity index is 3.81. The van der Waals surface area contributed by atoms with Gasteiger partial charge in [-0.1, -0.05) is 309 Å². The molecule has 0 fully saturated rings. The molecule has 0 aromatic carbocycles. The van der Waals surface area contributed by atoms with Crippen molar-refractivity contribution in [3.8, 4) is 0 Å². The van der Waals surface area contributed by atoms with Gasteiger partial charge in [0.25, 0.3) is 0 Å². The van der Waals surface area contributed by atoms with Gasteiger partial charge in [-0.05, 0) is 38.5 Å². The van der Waals surface area contributed by atoms with Crippen LogP contribution in [0, 0.1) is 0 Å². The van der Waals surface area contributed by atoms with E-state index in [0.29, 0.717) is 19.3 Å². The summed E-state index contributed by atoms with van der Waals surface area (Å²) in [5, 5.41) is 0. The molecule has 0 bridgehead atoms. The maximum Gasteiger partial charge on any atom is 0.306 e. The zero-order valence-electron chi connectivity index (χ0n) is 46.9. The summed E-state index contributed by atoms with van der Waals surface area (Å²) < 4.78 is 16.7. The number of carbonyl (C=O) groups is 3. The van der Waals surface area contributed by atoms with Crippen LogP contribution in [0.3, 0.4) is 0 Å². The van der Waals surface area contributed by atoms with Gasteiger partial charge in [0.15, 0.2) is 6.10 Å². The lowest BCUT2D eigenvalue weighted by molar-refractivity contribution is -0.167. The predicted molar refractivity (Wildman–Crippen MR) is 298 cm³/mol. The fourth-order valence-corrected chi connectivity index (χ4v) is 9.57. The smallest absolute Gasteiger partial charge is 0.306 e. The topological polar surface area (TPSA) is 78.9 Å². The Morgan fingerprint density at radius 2 is 0.507 bits per heavy atom. The number of esters is 3. The molecule has 69 heavy (non-hydrogen) atoms. The van der Waals surface area contributed by atoms with Gasteiger partial charge < -0.3 is 14.2 Å². The summed E-state index contributed by atoms with van der Waals surface area (Å²) in [6, 6.07) is 0. The maximum absolute atomic E-state index is 12.7. The molecular weight excluding hydrogens is 853 g/mol. The molecule has 0 aliphatic carbocycles. The molecule has 0 spiro atoms. The quantitative estimate of drug-likeness (QED) is 0.0261. The van der Waals surface area contributed by atoms with Crippen molar-refractivity contribution in [2.24, 2.45) is 0 Å². The van der Waals surface area contributed by atoms with Gasteiger partial charge in [0, 0.05) is 19.3 Å². The van der Waals surface area contributed by atoms with Crippen LogP contribution in [0.4, 0.5) is 0 Å². The molecule has 0 saturated heterocycles. The number of allylic oxidation sites excluding steroid dienone is 2. The highest BCUT2D eigenvalue weighted by Crippen LogP contribution is 2.18. The van der Waals surface area contributed by atoms with Gasteiger partial charge in [-0.3, -0.25) is 14.4 Å². The first-order chi connectivity index (χ1) is 34.0. The second kappa shape index (κ2) is 58.7. The number of rotatable bonds is 58. The van der Waals surface area contributed by atoms with Gasteiger partial charge >= 0.3 is 17.9 Å². The Bertz CT molecular complexity index is 1070. The first-order valence-corrected chi connectivity index (χ1v) is 31.2. The van der Waals surface area contributed by atoms with Gasteiger partial charge in [0.05, 0.1) is 0 Å². The minimum Gasteiger partial charge on any atom is -0.462 e. The van der Waals surface area contributed by atoms with E-state index in [2.05, 4.69) is 32.9 Å². The van der Waals surface area contributed by atoms with Crippen LogP contribution < -0.4 is 0 Å². The second-order valence-corrected chi connectivity index (χ2v) is 21.3. The highest BCUT2D eigenvalue weighted by Gasteiger charge is 2.19. The molecule has 6 heteroatoms. The Hall–Kier alpha value is -1.85. The fraction of sp³-hybridized carbons (Fsp3) is 0.921. The molecule has 1 unspecified atom stereocenters. The lowest BCUT2D eigenvalue weighted by Crippen LogP contribution is -2.30. The summed E-state index contributed by atoms with van der Waals surface area (Å²) in [5.74, 6) is -0.869. The van der Waals surface area contributed by atoms with Crippen LogP contribution >= 0.6 is 0 Å². The van der Waals surface area contributed by atoms with Crippen LogP contribution in [0.5, 0.6) is 0 Å². The van der Waals surface area contributed by atoms with Crippen molar-refractivity contribution in [1.82, 2.24) is 0 Å². The van der Waals surface area contributed by atoms with E-state index >= 15 is 0 Å². The largest absolute Gasteiger partial charge is 0.462 e. The lowest BCUT2D eigenvalue weighted by atomic mass is 10.0. The van der Waals surface area contributed by atoms with Gasteiger partial charge in [-0.25, -0.2) is 0 Å². The van der Waals surface area contributed by atoms with Crippen LogP contribution in [0.25, 0.3) is 0 Å². The summed E-state index contributed by atoms with van der Waals surface area (Å²) in [5.41, 5.74) is 0. The predicted octanol–water partition coefficient (Wildman–Crippen LogP) is 20.9. The monoisotopic (exact) mass is 973 g/mol. The molecule has 0 amide bonds. The molecule has 0 radical (unpaired) electrons. The molecule has 408 valence electrons. The Morgan fingerprint density at radius 1 is 0.275 bits per heavy atom. The van der Waals surface area contributed by atoms with Crippen LogP contribution in [-0.4, -0.2) is 37.2 Å². The van der Waals surface area contributed by atoms with Crippen molar-refractivity contribution in [3.63, 3.8) is 0 Å². The molecule has 0 N–H and O–H groups in total. The average Bonchev–Trinajstić information content (AvgIpc) is 3.35. The third-order valence-corrected chi connectivity index (χ3v) is 14.3. The van der Waals surface area contributed by atoms with Crippen molar-refractivity contribution in [3.05, 3.63) is 12.2 Å². The van der Waals surface area contributed by atoms with Crippen LogP contribution in [0.15, 0.2) is 12.2 Å². The molecule has 0 aromatic rings. The summed E-state index contributed by atoms with van der Waals surface area (Å²) in [6.45, 7) is 6.57. The number of unbranched alkanes of at least 4 members (excludes halogenated alkanes) is 45. The summed E-state index contributed by atoms with van der Waals surface area (Å²) in [6.07, 6.45) is 68.6. The lowest BCUT2D eigenvalue weighted by Gasteiger charge is -2.18. The van der Waals surface area contributed by atoms with Gasteiger partial charge in [-0.2, -0.15) is 0 Å². The second-order valence-electron chi connectivity index (χ2n) is 21.3. The van der Waals surface area contributed by atoms with E-state index in [0.717, 1.165) is 70.6 Å². The minimum absolute atomic E-state index is 0.0689. The Kier molecular flexibility index (Phi) is 57.1. The van der Waals surface area contributed by atoms with Gasteiger partial charge in [0.2, 0.25) is 0 Å². The summed E-state index contributed by atoms with van der Waals surface area (Å²) in [7, 11) is 0. The van der Waals surface area contributed by atoms with Crippen LogP contribution in [-0.2, 0) is 28.6 Å². The van der Waals surface area contributed by atoms with Crippen molar-refractivity contribution < 1.29 is 28.6 Å². The molecule has 0 saturated carbocycles. The molecule has 0 rings (SSSR count). The Morgan fingerprint density at radius 3 is 0.783 bits per heavy atom. The first kappa shape index (κ1) is 67.1. The molecule has 0 aromatic heterocycles. The van der Waals surface area contributed by atoms with Crippen molar-refractivity contribution in [2.75, 3.05) is 13.2 Å². The van der Waals surface area contributed by atoms with E-state index in [1.54, 1.807) is 0 Å². The molecule has 6 nitrogen and oxygen atoms in total. The highest BCUT2D eigenvalue weighted by molar-refractivity contribution is 5.71. The molecule has 0 aliphatic heterocycles. The number of ether oxygens (including phenoxy) is 3. The van der Waals surface area contributed by atoms with Crippen molar-refractivity contribution in [1.29, 1.82) is 0 Å². The van der Waals surface area contributed by atoms with E-state index in [9.17, 15) is 14.4 Å². The van der Waals surface area contributed by atoms with E-state index in [4.69, 9.17) is 14.2 Å². The third-order valence-electron chi connectivity index (χ3n) is 14.3. The van der Waals surface area contributed by atoms with Gasteiger partial charge in [0.1, 0.15) is 13.2 Å². The van der Waals surface area contributed by atoms with Crippen LogP contribution in [0.2, 0.25) is 0 Å². The molecular formula is C63H120O6. The van der Waals surface area contributed by atoms with Crippen LogP contribution in [0.1, 0.15) is 355 Å². The molecule has 0 aliphatic rings. The number of carbonyl (C=O) groups excluding carboxylic acids is 3. The first-order valence-electron chi connectivity index (χ1n) is 31.2. The molecule has 1 atom stereocenters. The minimum atomic E-state index is -0.766. The SMILES string of the molecule is CCC/C=C\CCCCCCCC(=O)OC(COC(=O)CCCCCCCCC)COC(=O)CCCCCCCCCCCCCCCCCCCCCCCCCCCCCCCCCCCC. The standard InChI is InChI=1S/C63H120O6/c1-4-7-10-13-16-18-20-21-22-23-24-25-26-27-28-29-30-31-32-33-34-35-36-37-38-39-40-41-42-43-45-47-50-53-56-62(65)68-59-60(58-67-61(64)55-52-49-46-15-12-9-6-3)69-63(66)57-54-51-48-44-19-17-14-11-8-5-2/h11,14,60H,4-10,12-13,15-59H2,1-3H3/b14-11-. The third kappa shape index (κ3) is 56.9. The van der Waals surface area contributed by atoms with E-state index in [-0.39, 0.29) is 31.1 Å². The van der Waals surface area contributed by atoms with E-state index in [1.807, 2.05) is 0 Å². The van der Waals surface area contributed by atoms with Crippen molar-refractivity contribution in [2.45, 2.75) is 361 Å². The highest BCUT2D eigenvalue weighted by atomic mass is 16.6. The summed E-state index contributed by atoms with van der Waals surface area (Å²) in [4.78, 5) is 37.8. The van der Waals surface area contributed by atoms with E-state index < -0.39 is 6.10 Å². The maximum atomic E-state index is 12.7. The number of hydrogen-bond donors (Lipinski definition) is 0. The van der Waals surface area contributed by atoms with E-state index in [1.165, 1.54) is 244 Å². The Labute approximate surface area is 431 Å². The average molecular weight is 974 g/mol. The van der Waals surface area contributed by atoms with Gasteiger partial charge in [-0.15, -0.1) is 0 Å².